The summed E-state index contributed by atoms with van der Waals surface area (Å²) in [7, 11) is -1.72. The van der Waals surface area contributed by atoms with E-state index in [4.69, 9.17) is 9.47 Å². The van der Waals surface area contributed by atoms with Gasteiger partial charge < -0.3 is 21.9 Å². The maximum absolute atomic E-state index is 6.21. The molecule has 0 N–H and O–H groups in total. The molecule has 4 heteroatoms. The first-order chi connectivity index (χ1) is 22.8. The first-order valence-electron chi connectivity index (χ1n) is 18.7. The molecule has 0 spiro atoms. The summed E-state index contributed by atoms with van der Waals surface area (Å²) in [5.41, 5.74) is 0. The quantitative estimate of drug-likeness (QED) is 0.0348. The molecule has 0 bridgehead atoms. The van der Waals surface area contributed by atoms with Gasteiger partial charge in [0, 0.05) is 13.2 Å². The molecule has 3 aromatic carbocycles. The lowest BCUT2D eigenvalue weighted by atomic mass is 10.1. The molecule has 0 aliphatic rings. The predicted molar refractivity (Wildman–Crippen MR) is 205 cm³/mol. The van der Waals surface area contributed by atoms with E-state index in [0.717, 1.165) is 45.3 Å². The van der Waals surface area contributed by atoms with Crippen LogP contribution in [0.1, 0.15) is 123 Å². The first-order valence-corrected chi connectivity index (χ1v) is 20.7. The van der Waals surface area contributed by atoms with Crippen LogP contribution < -0.4 is 28.3 Å². The lowest BCUT2D eigenvalue weighted by Gasteiger charge is -2.27. The average Bonchev–Trinajstić information content (AvgIpc) is 3.11. The van der Waals surface area contributed by atoms with E-state index in [1.54, 1.807) is 0 Å². The molecule has 0 radical (unpaired) electrons. The number of benzene rings is 3. The lowest BCUT2D eigenvalue weighted by Crippen LogP contribution is -3.00. The highest BCUT2D eigenvalue weighted by Gasteiger charge is 2.44. The Kier molecular flexibility index (Phi) is 23.6. The van der Waals surface area contributed by atoms with Crippen LogP contribution in [0.25, 0.3) is 0 Å². The van der Waals surface area contributed by atoms with E-state index in [9.17, 15) is 0 Å². The molecule has 0 aliphatic heterocycles. The fourth-order valence-corrected chi connectivity index (χ4v) is 10.7. The second-order valence-electron chi connectivity index (χ2n) is 12.8. The van der Waals surface area contributed by atoms with Crippen LogP contribution in [-0.2, 0) is 9.47 Å². The highest BCUT2D eigenvalue weighted by atomic mass is 35.5. The van der Waals surface area contributed by atoms with Gasteiger partial charge >= 0.3 is 0 Å². The monoisotopic (exact) mass is 678 g/mol. The van der Waals surface area contributed by atoms with Gasteiger partial charge in [0.05, 0.1) is 6.16 Å². The van der Waals surface area contributed by atoms with Gasteiger partial charge in [0.15, 0.2) is 6.29 Å². The third kappa shape index (κ3) is 15.9. The molecule has 0 amide bonds. The second kappa shape index (κ2) is 26.9. The van der Waals surface area contributed by atoms with Crippen molar-refractivity contribution in [2.75, 3.05) is 19.4 Å². The summed E-state index contributed by atoms with van der Waals surface area (Å²) in [5.74, 6) is 0. The van der Waals surface area contributed by atoms with Crippen molar-refractivity contribution in [2.24, 2.45) is 0 Å². The number of rotatable bonds is 27. The van der Waals surface area contributed by atoms with Crippen LogP contribution in [0.4, 0.5) is 0 Å². The molecule has 0 fully saturated rings. The van der Waals surface area contributed by atoms with Crippen LogP contribution in [0.3, 0.4) is 0 Å². The summed E-state index contributed by atoms with van der Waals surface area (Å²) in [6, 6.07) is 33.8. The van der Waals surface area contributed by atoms with Crippen molar-refractivity contribution >= 4 is 23.2 Å². The molecule has 0 aromatic heterocycles. The van der Waals surface area contributed by atoms with Crippen LogP contribution in [0, 0.1) is 0 Å². The van der Waals surface area contributed by atoms with E-state index in [1.807, 2.05) is 0 Å². The van der Waals surface area contributed by atoms with Gasteiger partial charge in [-0.15, -0.1) is 0 Å². The van der Waals surface area contributed by atoms with Gasteiger partial charge in [-0.1, -0.05) is 138 Å². The second-order valence-corrected chi connectivity index (χ2v) is 16.4. The predicted octanol–water partition coefficient (Wildman–Crippen LogP) is 8.57. The van der Waals surface area contributed by atoms with Gasteiger partial charge in [-0.2, -0.15) is 0 Å². The Labute approximate surface area is 295 Å². The molecule has 3 rings (SSSR count). The molecule has 260 valence electrons. The van der Waals surface area contributed by atoms with Gasteiger partial charge in [-0.3, -0.25) is 0 Å². The van der Waals surface area contributed by atoms with E-state index < -0.39 is 7.26 Å². The van der Waals surface area contributed by atoms with Crippen LogP contribution >= 0.6 is 7.26 Å². The Hall–Kier alpha value is -1.96. The van der Waals surface area contributed by atoms with Gasteiger partial charge in [0.25, 0.3) is 0 Å². The molecular weight excluding hydrogens is 615 g/mol. The summed E-state index contributed by atoms with van der Waals surface area (Å²) in [4.78, 5) is 0. The van der Waals surface area contributed by atoms with E-state index in [0.29, 0.717) is 0 Å². The zero-order valence-corrected chi connectivity index (χ0v) is 31.3. The summed E-state index contributed by atoms with van der Waals surface area (Å²) >= 11 is 0. The van der Waals surface area contributed by atoms with E-state index in [1.165, 1.54) is 99.1 Å². The lowest BCUT2D eigenvalue weighted by molar-refractivity contribution is -0.148. The minimum absolute atomic E-state index is 0. The standard InChI is InChI=1S/C43H64O2P.ClH/c1-3-5-7-14-27-37-44-43(45-38-28-15-8-6-4-2)36-26-13-11-9-10-12-16-29-39-46(40-30-20-17-21-31-40,41-32-22-18-23-33-41)42-34-24-19-25-35-42;/h10,12,17-25,30-35,43H,3-9,11,13-16,26-29,36-39H2,1-2H3;1H/q+1;/p-1. The van der Waals surface area contributed by atoms with Gasteiger partial charge in [-0.25, -0.2) is 0 Å². The van der Waals surface area contributed by atoms with Crippen molar-refractivity contribution in [3.63, 3.8) is 0 Å². The third-order valence-corrected chi connectivity index (χ3v) is 13.6. The SMILES string of the molecule is CCCCCCCOC(CCCCCC=CCCC[P+](c1ccccc1)(c1ccccc1)c1ccccc1)OCCCCCCC.[Cl-]. The number of halogens is 1. The molecule has 0 saturated heterocycles. The van der Waals surface area contributed by atoms with E-state index in [2.05, 4.69) is 117 Å². The fraction of sp³-hybridized carbons (Fsp3) is 0.535. The Morgan fingerprint density at radius 2 is 0.894 bits per heavy atom. The molecule has 2 nitrogen and oxygen atoms in total. The minimum atomic E-state index is -1.72. The zero-order valence-electron chi connectivity index (χ0n) is 29.7. The normalized spacial score (nSPS) is 11.7. The summed E-state index contributed by atoms with van der Waals surface area (Å²) in [5, 5.41) is 4.45. The maximum atomic E-state index is 6.21. The molecule has 3 aromatic rings. The number of hydrogen-bond acceptors (Lipinski definition) is 2. The average molecular weight is 679 g/mol. The zero-order chi connectivity index (χ0) is 32.4. The molecule has 0 saturated carbocycles. The molecule has 0 atom stereocenters. The molecular formula is C43H64ClO2P. The minimum Gasteiger partial charge on any atom is -1.00 e. The van der Waals surface area contributed by atoms with Crippen molar-refractivity contribution in [3.8, 4) is 0 Å². The number of allylic oxidation sites excluding steroid dienone is 2. The van der Waals surface area contributed by atoms with E-state index >= 15 is 0 Å². The van der Waals surface area contributed by atoms with Crippen LogP contribution in [0.15, 0.2) is 103 Å². The van der Waals surface area contributed by atoms with Gasteiger partial charge in [0.1, 0.15) is 23.2 Å². The number of hydrogen-bond donors (Lipinski definition) is 0. The number of unbranched alkanes of at least 4 members (excludes halogenated alkanes) is 12. The highest BCUT2D eigenvalue weighted by molar-refractivity contribution is 7.95. The van der Waals surface area contributed by atoms with Crippen molar-refractivity contribution in [1.29, 1.82) is 0 Å². The van der Waals surface area contributed by atoms with Crippen molar-refractivity contribution < 1.29 is 21.9 Å². The van der Waals surface area contributed by atoms with Crippen molar-refractivity contribution in [1.82, 2.24) is 0 Å². The first kappa shape index (κ1) is 41.2. The topological polar surface area (TPSA) is 18.5 Å². The molecule has 0 heterocycles. The molecule has 0 aliphatic carbocycles. The van der Waals surface area contributed by atoms with Gasteiger partial charge in [-0.05, 0) is 87.8 Å². The largest absolute Gasteiger partial charge is 1.00 e. The molecule has 0 unspecified atom stereocenters. The Morgan fingerprint density at radius 1 is 0.489 bits per heavy atom. The molecule has 47 heavy (non-hydrogen) atoms. The van der Waals surface area contributed by atoms with Crippen molar-refractivity contribution in [2.45, 2.75) is 129 Å². The fourth-order valence-electron chi connectivity index (χ4n) is 6.37. The maximum Gasteiger partial charge on any atom is 0.157 e. The summed E-state index contributed by atoms with van der Waals surface area (Å²) in [6.45, 7) is 6.23. The third-order valence-electron chi connectivity index (χ3n) is 9.04. The van der Waals surface area contributed by atoms with Crippen LogP contribution in [0.5, 0.6) is 0 Å². The van der Waals surface area contributed by atoms with Crippen LogP contribution in [0.2, 0.25) is 0 Å². The Bertz CT molecular complexity index is 1030. The van der Waals surface area contributed by atoms with Crippen molar-refractivity contribution in [3.05, 3.63) is 103 Å². The summed E-state index contributed by atoms with van der Waals surface area (Å²) in [6.07, 6.45) is 27.0. The Balaban J connectivity index is 0.00000768. The van der Waals surface area contributed by atoms with Gasteiger partial charge in [0.2, 0.25) is 0 Å². The van der Waals surface area contributed by atoms with Crippen LogP contribution in [-0.4, -0.2) is 25.7 Å². The Morgan fingerprint density at radius 3 is 1.34 bits per heavy atom. The smallest absolute Gasteiger partial charge is 0.157 e. The summed E-state index contributed by atoms with van der Waals surface area (Å²) < 4.78 is 12.4. The van der Waals surface area contributed by atoms with E-state index in [-0.39, 0.29) is 18.7 Å². The highest BCUT2D eigenvalue weighted by Crippen LogP contribution is 2.55. The number of ether oxygens (including phenoxy) is 2.